The van der Waals surface area contributed by atoms with E-state index >= 15 is 0 Å². The lowest BCUT2D eigenvalue weighted by atomic mass is 10.0. The lowest BCUT2D eigenvalue weighted by Gasteiger charge is -2.28. The normalized spacial score (nSPS) is 14.5. The predicted molar refractivity (Wildman–Crippen MR) is 212 cm³/mol. The number of carbonyl (C=O) groups excluding carboxylic acids is 1. The summed E-state index contributed by atoms with van der Waals surface area (Å²) in [6, 6.07) is 0. The van der Waals surface area contributed by atoms with Crippen LogP contribution in [0.15, 0.2) is 60.9 Å². The fourth-order valence-corrected chi connectivity index (χ4v) is 5.76. The van der Waals surface area contributed by atoms with Crippen molar-refractivity contribution >= 4 is 13.8 Å². The third kappa shape index (κ3) is 39.1. The number of phosphoric acid groups is 1. The van der Waals surface area contributed by atoms with Crippen molar-refractivity contribution in [3.63, 3.8) is 0 Å². The molecule has 0 saturated carbocycles. The molecule has 51 heavy (non-hydrogen) atoms. The van der Waals surface area contributed by atoms with Gasteiger partial charge in [-0.3, -0.25) is 9.36 Å². The van der Waals surface area contributed by atoms with Crippen LogP contribution in [0.4, 0.5) is 0 Å². The van der Waals surface area contributed by atoms with Crippen molar-refractivity contribution in [3.05, 3.63) is 60.9 Å². The summed E-state index contributed by atoms with van der Waals surface area (Å²) in [5.41, 5.74) is 0. The van der Waals surface area contributed by atoms with Crippen molar-refractivity contribution in [2.24, 2.45) is 0 Å². The molecule has 296 valence electrons. The Balaban J connectivity index is 4.43. The van der Waals surface area contributed by atoms with Crippen LogP contribution in [0.25, 0.3) is 0 Å². The van der Waals surface area contributed by atoms with Gasteiger partial charge in [0.25, 0.3) is 7.82 Å². The molecule has 0 aliphatic rings. The van der Waals surface area contributed by atoms with Crippen molar-refractivity contribution < 1.29 is 37.3 Å². The number of hydrogen-bond acceptors (Lipinski definition) is 7. The molecular formula is C42H76NO7P. The second kappa shape index (κ2) is 35.1. The van der Waals surface area contributed by atoms with Crippen LogP contribution >= 0.6 is 7.82 Å². The molecule has 0 fully saturated rings. The van der Waals surface area contributed by atoms with Gasteiger partial charge in [-0.2, -0.15) is 0 Å². The van der Waals surface area contributed by atoms with Gasteiger partial charge >= 0.3 is 5.97 Å². The Hall–Kier alpha value is -1.96. The first-order valence-corrected chi connectivity index (χ1v) is 21.5. The van der Waals surface area contributed by atoms with Gasteiger partial charge in [0.1, 0.15) is 19.8 Å². The molecule has 0 aromatic carbocycles. The Kier molecular flexibility index (Phi) is 33.7. The SMILES string of the molecule is CC/C=C\C/C=C\C/C=C\C/C=C\CCCCC(=O)O[C@H](CO/C=C\CCCCCCCCCCCCCC)COP(=O)([O-])OCC[N+](C)(C)C. The van der Waals surface area contributed by atoms with Gasteiger partial charge in [-0.15, -0.1) is 0 Å². The Labute approximate surface area is 313 Å². The van der Waals surface area contributed by atoms with Crippen LogP contribution in [-0.4, -0.2) is 64.1 Å². The van der Waals surface area contributed by atoms with Gasteiger partial charge in [0.15, 0.2) is 6.10 Å². The predicted octanol–water partition coefficient (Wildman–Crippen LogP) is 11.1. The number of allylic oxidation sites excluding steroid dienone is 9. The minimum atomic E-state index is -4.55. The van der Waals surface area contributed by atoms with Gasteiger partial charge in [-0.05, 0) is 63.9 Å². The Morgan fingerprint density at radius 3 is 1.73 bits per heavy atom. The maximum Gasteiger partial charge on any atom is 0.306 e. The molecule has 0 amide bonds. The highest BCUT2D eigenvalue weighted by molar-refractivity contribution is 7.45. The number of phosphoric ester groups is 1. The van der Waals surface area contributed by atoms with E-state index in [2.05, 4.69) is 62.5 Å². The van der Waals surface area contributed by atoms with Gasteiger partial charge in [0.05, 0.1) is 34.0 Å². The smallest absolute Gasteiger partial charge is 0.306 e. The molecule has 0 aliphatic carbocycles. The zero-order valence-corrected chi connectivity index (χ0v) is 34.2. The average molecular weight is 738 g/mol. The van der Waals surface area contributed by atoms with Gasteiger partial charge in [-0.1, -0.05) is 133 Å². The largest absolute Gasteiger partial charge is 0.756 e. The second-order valence-electron chi connectivity index (χ2n) is 14.3. The summed E-state index contributed by atoms with van der Waals surface area (Å²) in [6.45, 7) is 4.55. The topological polar surface area (TPSA) is 94.1 Å². The van der Waals surface area contributed by atoms with Crippen molar-refractivity contribution in [1.82, 2.24) is 0 Å². The maximum atomic E-state index is 12.6. The molecule has 0 bridgehead atoms. The highest BCUT2D eigenvalue weighted by Crippen LogP contribution is 2.38. The number of nitrogens with zero attached hydrogens (tertiary/aromatic N) is 1. The molecule has 0 aliphatic heterocycles. The number of hydrogen-bond donors (Lipinski definition) is 0. The van der Waals surface area contributed by atoms with Crippen LogP contribution in [0.3, 0.4) is 0 Å². The van der Waals surface area contributed by atoms with Crippen molar-refractivity contribution in [1.29, 1.82) is 0 Å². The molecule has 0 rings (SSSR count). The van der Waals surface area contributed by atoms with E-state index in [1.165, 1.54) is 70.6 Å². The number of esters is 1. The van der Waals surface area contributed by atoms with E-state index in [-0.39, 0.29) is 26.2 Å². The highest BCUT2D eigenvalue weighted by atomic mass is 31.2. The summed E-state index contributed by atoms with van der Waals surface area (Å²) in [5.74, 6) is -0.399. The summed E-state index contributed by atoms with van der Waals surface area (Å²) in [5, 5.41) is 0. The molecular weight excluding hydrogens is 661 g/mol. The second-order valence-corrected chi connectivity index (χ2v) is 15.7. The van der Waals surface area contributed by atoms with E-state index in [9.17, 15) is 14.3 Å². The van der Waals surface area contributed by atoms with Crippen LogP contribution in [-0.2, 0) is 27.9 Å². The molecule has 0 N–H and O–H groups in total. The van der Waals surface area contributed by atoms with Crippen LogP contribution in [0.2, 0.25) is 0 Å². The third-order valence-electron chi connectivity index (χ3n) is 8.15. The standard InChI is InChI=1S/C42H76NO7P/c1-6-8-10-12-14-16-18-20-22-23-25-27-29-31-33-35-42(44)50-41(40-49-51(45,46)48-38-36-43(3,4)5)39-47-37-34-32-30-28-26-24-21-19-17-15-13-11-9-7-2/h8,10,14,16,20,22,25,27,34,37,41H,6-7,9,11-13,15,17-19,21,23-24,26,28-33,35-36,38-40H2,1-5H3/b10-8-,16-14-,22-20-,27-25-,37-34-/t41-/m1/s1. The fourth-order valence-electron chi connectivity index (χ4n) is 5.03. The molecule has 0 aromatic heterocycles. The molecule has 9 heteroatoms. The number of ether oxygens (including phenoxy) is 2. The number of rotatable bonds is 36. The summed E-state index contributed by atoms with van der Waals surface area (Å²) in [4.78, 5) is 24.9. The van der Waals surface area contributed by atoms with Crippen molar-refractivity contribution in [2.75, 3.05) is 47.5 Å². The zero-order chi connectivity index (χ0) is 37.7. The van der Waals surface area contributed by atoms with E-state index < -0.39 is 19.9 Å². The Morgan fingerprint density at radius 1 is 0.647 bits per heavy atom. The molecule has 2 atom stereocenters. The number of carbonyl (C=O) groups is 1. The van der Waals surface area contributed by atoms with E-state index in [1.54, 1.807) is 6.26 Å². The Morgan fingerprint density at radius 2 is 1.16 bits per heavy atom. The molecule has 0 heterocycles. The fraction of sp³-hybridized carbons (Fsp3) is 0.738. The van der Waals surface area contributed by atoms with Crippen molar-refractivity contribution in [3.8, 4) is 0 Å². The number of unbranched alkanes of at least 4 members (excludes halogenated alkanes) is 14. The molecule has 0 saturated heterocycles. The van der Waals surface area contributed by atoms with E-state index in [0.717, 1.165) is 51.4 Å². The highest BCUT2D eigenvalue weighted by Gasteiger charge is 2.20. The molecule has 1 unspecified atom stereocenters. The van der Waals surface area contributed by atoms with Gasteiger partial charge in [0, 0.05) is 6.42 Å². The first-order valence-electron chi connectivity index (χ1n) is 20.1. The molecule has 0 aromatic rings. The van der Waals surface area contributed by atoms with E-state index in [1.807, 2.05) is 27.2 Å². The summed E-state index contributed by atoms with van der Waals surface area (Å²) < 4.78 is 34.2. The van der Waals surface area contributed by atoms with Crippen LogP contribution in [0, 0.1) is 0 Å². The van der Waals surface area contributed by atoms with Gasteiger partial charge in [-0.25, -0.2) is 0 Å². The van der Waals surface area contributed by atoms with Crippen molar-refractivity contribution in [2.45, 2.75) is 155 Å². The average Bonchev–Trinajstić information content (AvgIpc) is 3.08. The lowest BCUT2D eigenvalue weighted by molar-refractivity contribution is -0.870. The first kappa shape index (κ1) is 49.0. The van der Waals surface area contributed by atoms with Crippen LogP contribution in [0.5, 0.6) is 0 Å². The first-order chi connectivity index (χ1) is 24.6. The lowest BCUT2D eigenvalue weighted by Crippen LogP contribution is -2.37. The minimum Gasteiger partial charge on any atom is -0.756 e. The van der Waals surface area contributed by atoms with E-state index in [0.29, 0.717) is 17.4 Å². The Bertz CT molecular complexity index is 1000. The van der Waals surface area contributed by atoms with E-state index in [4.69, 9.17) is 18.5 Å². The molecule has 0 spiro atoms. The third-order valence-corrected chi connectivity index (χ3v) is 9.11. The minimum absolute atomic E-state index is 0.00150. The summed E-state index contributed by atoms with van der Waals surface area (Å²) in [6.07, 6.45) is 43.3. The van der Waals surface area contributed by atoms with Crippen LogP contribution < -0.4 is 4.89 Å². The van der Waals surface area contributed by atoms with Crippen LogP contribution in [0.1, 0.15) is 149 Å². The molecule has 8 nitrogen and oxygen atoms in total. The van der Waals surface area contributed by atoms with Gasteiger partial charge in [0.2, 0.25) is 0 Å². The summed E-state index contributed by atoms with van der Waals surface area (Å²) in [7, 11) is 1.29. The monoisotopic (exact) mass is 738 g/mol. The number of likely N-dealkylation sites (N-methyl/N-ethyl adjacent to an activating group) is 1. The number of quaternary nitrogens is 1. The maximum absolute atomic E-state index is 12.6. The summed E-state index contributed by atoms with van der Waals surface area (Å²) >= 11 is 0. The quantitative estimate of drug-likeness (QED) is 0.0158. The zero-order valence-electron chi connectivity index (χ0n) is 33.3. The molecule has 0 radical (unpaired) electrons. The van der Waals surface area contributed by atoms with Gasteiger partial charge < -0.3 is 27.9 Å².